The van der Waals surface area contributed by atoms with Gasteiger partial charge in [0.25, 0.3) is 0 Å². The molecule has 0 unspecified atom stereocenters. The fraction of sp³-hybridized carbons (Fsp3) is 0.556. The van der Waals surface area contributed by atoms with Crippen LogP contribution in [0.4, 0.5) is 0 Å². The van der Waals surface area contributed by atoms with E-state index in [9.17, 15) is 0 Å². The molecule has 0 fully saturated rings. The highest BCUT2D eigenvalue weighted by Gasteiger charge is 2.14. The second-order valence-corrected chi connectivity index (χ2v) is 4.52. The molecule has 0 aromatic carbocycles. The van der Waals surface area contributed by atoms with Crippen LogP contribution in [0, 0.1) is 0 Å². The maximum absolute atomic E-state index is 3.34. The van der Waals surface area contributed by atoms with Gasteiger partial charge >= 0.3 is 0 Å². The van der Waals surface area contributed by atoms with Crippen molar-refractivity contribution in [1.82, 2.24) is 5.32 Å². The Kier molecular flexibility index (Phi) is 1.74. The molecular formula is C9H13NS. The molecule has 2 rings (SSSR count). The molecule has 1 N–H and O–H groups in total. The molecular weight excluding hydrogens is 154 g/mol. The van der Waals surface area contributed by atoms with Gasteiger partial charge in [-0.1, -0.05) is 13.8 Å². The molecule has 0 saturated carbocycles. The van der Waals surface area contributed by atoms with Crippen LogP contribution < -0.4 is 5.32 Å². The summed E-state index contributed by atoms with van der Waals surface area (Å²) >= 11 is 1.97. The summed E-state index contributed by atoms with van der Waals surface area (Å²) < 4.78 is 0. The van der Waals surface area contributed by atoms with Crippen molar-refractivity contribution in [2.24, 2.45) is 0 Å². The largest absolute Gasteiger partial charge is 0.308 e. The fourth-order valence-corrected chi connectivity index (χ4v) is 2.54. The molecule has 0 spiro atoms. The van der Waals surface area contributed by atoms with Gasteiger partial charge in [0.1, 0.15) is 0 Å². The van der Waals surface area contributed by atoms with E-state index >= 15 is 0 Å². The lowest BCUT2D eigenvalue weighted by atomic mass is 10.1. The Morgan fingerprint density at radius 2 is 2.27 bits per heavy atom. The summed E-state index contributed by atoms with van der Waals surface area (Å²) in [4.78, 5) is 3.09. The third-order valence-electron chi connectivity index (χ3n) is 2.09. The van der Waals surface area contributed by atoms with Crippen LogP contribution in [-0.2, 0) is 13.1 Å². The van der Waals surface area contributed by atoms with Crippen LogP contribution in [0.1, 0.15) is 35.1 Å². The average molecular weight is 167 g/mol. The molecule has 1 aromatic rings. The second kappa shape index (κ2) is 2.61. The molecule has 2 heterocycles. The number of nitrogens with one attached hydrogen (secondary N) is 1. The topological polar surface area (TPSA) is 12.0 Å². The summed E-state index contributed by atoms with van der Waals surface area (Å²) in [5, 5.41) is 3.34. The number of rotatable bonds is 1. The standard InChI is InChI=1S/C9H13NS/c1-6(2)8-3-7-4-10-5-9(7)11-8/h3,6,10H,4-5H2,1-2H3. The lowest BCUT2D eigenvalue weighted by molar-refractivity contribution is 0.765. The molecule has 0 radical (unpaired) electrons. The summed E-state index contributed by atoms with van der Waals surface area (Å²) in [5.74, 6) is 0.700. The molecule has 1 aliphatic heterocycles. The van der Waals surface area contributed by atoms with Crippen LogP contribution in [0.3, 0.4) is 0 Å². The van der Waals surface area contributed by atoms with Crippen LogP contribution in [0.15, 0.2) is 6.07 Å². The van der Waals surface area contributed by atoms with Crippen LogP contribution >= 0.6 is 11.3 Å². The lowest BCUT2D eigenvalue weighted by Crippen LogP contribution is -2.00. The van der Waals surface area contributed by atoms with Crippen molar-refractivity contribution < 1.29 is 0 Å². The molecule has 0 bridgehead atoms. The smallest absolute Gasteiger partial charge is 0.0306 e. The highest BCUT2D eigenvalue weighted by atomic mass is 32.1. The monoisotopic (exact) mass is 167 g/mol. The van der Waals surface area contributed by atoms with Crippen LogP contribution in [0.2, 0.25) is 0 Å². The maximum atomic E-state index is 3.34. The Hall–Kier alpha value is -0.340. The summed E-state index contributed by atoms with van der Waals surface area (Å²) in [6.45, 7) is 6.69. The summed E-state index contributed by atoms with van der Waals surface area (Å²) in [6.07, 6.45) is 0. The first kappa shape index (κ1) is 7.32. The van der Waals surface area contributed by atoms with Crippen LogP contribution in [0.5, 0.6) is 0 Å². The van der Waals surface area contributed by atoms with E-state index in [1.807, 2.05) is 11.3 Å². The zero-order chi connectivity index (χ0) is 7.84. The van der Waals surface area contributed by atoms with E-state index in [4.69, 9.17) is 0 Å². The van der Waals surface area contributed by atoms with Crippen molar-refractivity contribution in [1.29, 1.82) is 0 Å². The molecule has 0 atom stereocenters. The van der Waals surface area contributed by atoms with Crippen molar-refractivity contribution in [3.63, 3.8) is 0 Å². The molecule has 1 nitrogen and oxygen atoms in total. The normalized spacial score (nSPS) is 15.9. The minimum atomic E-state index is 0.700. The molecule has 2 heteroatoms. The van der Waals surface area contributed by atoms with Gasteiger partial charge in [-0.2, -0.15) is 0 Å². The van der Waals surface area contributed by atoms with Gasteiger partial charge < -0.3 is 5.32 Å². The highest BCUT2D eigenvalue weighted by molar-refractivity contribution is 7.12. The molecule has 0 saturated heterocycles. The maximum Gasteiger partial charge on any atom is 0.0306 e. The van der Waals surface area contributed by atoms with E-state index < -0.39 is 0 Å². The van der Waals surface area contributed by atoms with Crippen molar-refractivity contribution in [3.8, 4) is 0 Å². The number of hydrogen-bond acceptors (Lipinski definition) is 2. The second-order valence-electron chi connectivity index (χ2n) is 3.36. The molecule has 0 aliphatic carbocycles. The first-order valence-corrected chi connectivity index (χ1v) is 4.91. The summed E-state index contributed by atoms with van der Waals surface area (Å²) in [5.41, 5.74) is 1.53. The summed E-state index contributed by atoms with van der Waals surface area (Å²) in [6, 6.07) is 2.35. The van der Waals surface area contributed by atoms with E-state index in [0.29, 0.717) is 5.92 Å². The third-order valence-corrected chi connectivity index (χ3v) is 3.56. The Morgan fingerprint density at radius 1 is 1.45 bits per heavy atom. The Bertz CT molecular complexity index is 241. The van der Waals surface area contributed by atoms with Crippen molar-refractivity contribution in [2.45, 2.75) is 32.9 Å². The molecule has 1 aliphatic rings. The lowest BCUT2D eigenvalue weighted by Gasteiger charge is -1.98. The Morgan fingerprint density at radius 3 is 2.91 bits per heavy atom. The molecule has 11 heavy (non-hydrogen) atoms. The highest BCUT2D eigenvalue weighted by Crippen LogP contribution is 2.30. The third kappa shape index (κ3) is 1.21. The van der Waals surface area contributed by atoms with Crippen LogP contribution in [0.25, 0.3) is 0 Å². The van der Waals surface area contributed by atoms with E-state index in [2.05, 4.69) is 25.2 Å². The molecule has 0 amide bonds. The van der Waals surface area contributed by atoms with E-state index in [1.54, 1.807) is 4.88 Å². The predicted octanol–water partition coefficient (Wildman–Crippen LogP) is 2.47. The van der Waals surface area contributed by atoms with Gasteiger partial charge in [0.15, 0.2) is 0 Å². The Balaban J connectivity index is 2.34. The zero-order valence-electron chi connectivity index (χ0n) is 6.98. The zero-order valence-corrected chi connectivity index (χ0v) is 7.79. The van der Waals surface area contributed by atoms with Gasteiger partial charge in [0.2, 0.25) is 0 Å². The van der Waals surface area contributed by atoms with E-state index in [0.717, 1.165) is 13.1 Å². The van der Waals surface area contributed by atoms with Gasteiger partial charge in [-0.25, -0.2) is 0 Å². The first-order valence-electron chi connectivity index (χ1n) is 4.09. The Labute approximate surface area is 71.4 Å². The fourth-order valence-electron chi connectivity index (χ4n) is 1.38. The molecule has 60 valence electrons. The van der Waals surface area contributed by atoms with Crippen LogP contribution in [-0.4, -0.2) is 0 Å². The van der Waals surface area contributed by atoms with E-state index in [1.165, 1.54) is 10.4 Å². The molecule has 1 aromatic heterocycles. The number of thiophene rings is 1. The quantitative estimate of drug-likeness (QED) is 0.677. The SMILES string of the molecule is CC(C)c1cc2c(s1)CNC2. The van der Waals surface area contributed by atoms with Crippen molar-refractivity contribution >= 4 is 11.3 Å². The number of fused-ring (bicyclic) bond motifs is 1. The predicted molar refractivity (Wildman–Crippen MR) is 49.0 cm³/mol. The van der Waals surface area contributed by atoms with Gasteiger partial charge in [-0.15, -0.1) is 11.3 Å². The van der Waals surface area contributed by atoms with Gasteiger partial charge in [0.05, 0.1) is 0 Å². The summed E-state index contributed by atoms with van der Waals surface area (Å²) in [7, 11) is 0. The van der Waals surface area contributed by atoms with Gasteiger partial charge in [0, 0.05) is 22.8 Å². The van der Waals surface area contributed by atoms with Gasteiger partial charge in [-0.3, -0.25) is 0 Å². The van der Waals surface area contributed by atoms with Crippen molar-refractivity contribution in [2.75, 3.05) is 0 Å². The van der Waals surface area contributed by atoms with E-state index in [-0.39, 0.29) is 0 Å². The van der Waals surface area contributed by atoms with Gasteiger partial charge in [-0.05, 0) is 17.5 Å². The average Bonchev–Trinajstić information content (AvgIpc) is 2.40. The first-order chi connectivity index (χ1) is 5.27. The minimum Gasteiger partial charge on any atom is -0.308 e. The minimum absolute atomic E-state index is 0.700. The number of hydrogen-bond donors (Lipinski definition) is 1. The van der Waals surface area contributed by atoms with Crippen molar-refractivity contribution in [3.05, 3.63) is 21.4 Å².